The SMILES string of the molecule is CCOc1ccc(NS(=O)(=O)c2ccc(OCC(=O)Nc3ccc(OC)cc3)cc2)cc1. The van der Waals surface area contributed by atoms with Gasteiger partial charge in [0.1, 0.15) is 17.2 Å². The lowest BCUT2D eigenvalue weighted by molar-refractivity contribution is -0.118. The molecule has 0 aliphatic carbocycles. The minimum Gasteiger partial charge on any atom is -0.497 e. The van der Waals surface area contributed by atoms with Gasteiger partial charge < -0.3 is 19.5 Å². The van der Waals surface area contributed by atoms with E-state index in [9.17, 15) is 13.2 Å². The summed E-state index contributed by atoms with van der Waals surface area (Å²) in [6.07, 6.45) is 0. The van der Waals surface area contributed by atoms with Crippen molar-refractivity contribution in [3.8, 4) is 17.2 Å². The van der Waals surface area contributed by atoms with E-state index >= 15 is 0 Å². The van der Waals surface area contributed by atoms with E-state index in [1.165, 1.54) is 24.3 Å². The molecule has 0 spiro atoms. The van der Waals surface area contributed by atoms with Crippen LogP contribution in [0.4, 0.5) is 11.4 Å². The molecule has 3 aromatic carbocycles. The number of benzene rings is 3. The first-order valence-corrected chi connectivity index (χ1v) is 11.3. The predicted molar refractivity (Wildman–Crippen MR) is 122 cm³/mol. The Balaban J connectivity index is 1.54. The van der Waals surface area contributed by atoms with Crippen molar-refractivity contribution in [2.45, 2.75) is 11.8 Å². The van der Waals surface area contributed by atoms with Crippen LogP contribution in [0.3, 0.4) is 0 Å². The van der Waals surface area contributed by atoms with Crippen molar-refractivity contribution < 1.29 is 27.4 Å². The van der Waals surface area contributed by atoms with Gasteiger partial charge in [-0.1, -0.05) is 0 Å². The predicted octanol–water partition coefficient (Wildman–Crippen LogP) is 3.91. The molecule has 0 aliphatic rings. The molecule has 0 saturated carbocycles. The van der Waals surface area contributed by atoms with Gasteiger partial charge in [0, 0.05) is 11.4 Å². The van der Waals surface area contributed by atoms with Crippen LogP contribution in [0.5, 0.6) is 17.2 Å². The number of ether oxygens (including phenoxy) is 3. The zero-order chi connectivity index (χ0) is 23.0. The first-order valence-electron chi connectivity index (χ1n) is 9.82. The first-order chi connectivity index (χ1) is 15.4. The normalized spacial score (nSPS) is 10.8. The van der Waals surface area contributed by atoms with E-state index in [0.717, 1.165) is 0 Å². The van der Waals surface area contributed by atoms with Crippen molar-refractivity contribution in [3.63, 3.8) is 0 Å². The van der Waals surface area contributed by atoms with Crippen molar-refractivity contribution in [3.05, 3.63) is 72.8 Å². The maximum absolute atomic E-state index is 12.6. The fraction of sp³-hybridized carbons (Fsp3) is 0.174. The minimum absolute atomic E-state index is 0.0708. The molecule has 3 rings (SSSR count). The van der Waals surface area contributed by atoms with E-state index in [0.29, 0.717) is 35.2 Å². The number of amides is 1. The van der Waals surface area contributed by atoms with Crippen LogP contribution in [-0.4, -0.2) is 34.6 Å². The summed E-state index contributed by atoms with van der Waals surface area (Å²) in [5, 5.41) is 2.70. The van der Waals surface area contributed by atoms with Gasteiger partial charge in [-0.25, -0.2) is 8.42 Å². The molecule has 0 aromatic heterocycles. The molecule has 8 nitrogen and oxygen atoms in total. The summed E-state index contributed by atoms with van der Waals surface area (Å²) >= 11 is 0. The van der Waals surface area contributed by atoms with Gasteiger partial charge in [-0.05, 0) is 79.7 Å². The molecule has 0 aliphatic heterocycles. The van der Waals surface area contributed by atoms with Gasteiger partial charge in [0.2, 0.25) is 0 Å². The molecule has 32 heavy (non-hydrogen) atoms. The highest BCUT2D eigenvalue weighted by molar-refractivity contribution is 7.92. The van der Waals surface area contributed by atoms with Crippen molar-refractivity contribution in [1.29, 1.82) is 0 Å². The second-order valence-corrected chi connectivity index (χ2v) is 8.28. The zero-order valence-electron chi connectivity index (χ0n) is 17.7. The smallest absolute Gasteiger partial charge is 0.262 e. The van der Waals surface area contributed by atoms with Crippen LogP contribution in [-0.2, 0) is 14.8 Å². The van der Waals surface area contributed by atoms with Crippen LogP contribution in [0.2, 0.25) is 0 Å². The number of hydrogen-bond donors (Lipinski definition) is 2. The Labute approximate surface area is 187 Å². The second kappa shape index (κ2) is 10.5. The van der Waals surface area contributed by atoms with Crippen molar-refractivity contribution in [2.75, 3.05) is 30.4 Å². The fourth-order valence-corrected chi connectivity index (χ4v) is 3.79. The molecule has 2 N–H and O–H groups in total. The van der Waals surface area contributed by atoms with Gasteiger partial charge in [0.25, 0.3) is 15.9 Å². The monoisotopic (exact) mass is 456 g/mol. The Morgan fingerprint density at radius 2 is 1.31 bits per heavy atom. The summed E-state index contributed by atoms with van der Waals surface area (Å²) in [5.41, 5.74) is 1.03. The molecule has 3 aromatic rings. The van der Waals surface area contributed by atoms with E-state index in [1.807, 2.05) is 6.92 Å². The number of carbonyl (C=O) groups excluding carboxylic acids is 1. The van der Waals surface area contributed by atoms with Crippen molar-refractivity contribution >= 4 is 27.3 Å². The number of carbonyl (C=O) groups is 1. The van der Waals surface area contributed by atoms with Gasteiger partial charge in [0.15, 0.2) is 6.61 Å². The highest BCUT2D eigenvalue weighted by atomic mass is 32.2. The van der Waals surface area contributed by atoms with Gasteiger partial charge in [-0.2, -0.15) is 0 Å². The van der Waals surface area contributed by atoms with Gasteiger partial charge in [-0.15, -0.1) is 0 Å². The maximum Gasteiger partial charge on any atom is 0.262 e. The summed E-state index contributed by atoms with van der Waals surface area (Å²) in [6, 6.07) is 19.3. The number of anilines is 2. The molecule has 0 unspecified atom stereocenters. The quantitative estimate of drug-likeness (QED) is 0.479. The highest BCUT2D eigenvalue weighted by Gasteiger charge is 2.14. The Morgan fingerprint density at radius 1 is 0.781 bits per heavy atom. The lowest BCUT2D eigenvalue weighted by atomic mass is 10.3. The number of rotatable bonds is 10. The van der Waals surface area contributed by atoms with Gasteiger partial charge in [-0.3, -0.25) is 9.52 Å². The molecule has 0 saturated heterocycles. The molecule has 0 heterocycles. The second-order valence-electron chi connectivity index (χ2n) is 6.60. The molecule has 0 fully saturated rings. The zero-order valence-corrected chi connectivity index (χ0v) is 18.5. The molecular formula is C23H24N2O6S. The highest BCUT2D eigenvalue weighted by Crippen LogP contribution is 2.21. The van der Waals surface area contributed by atoms with E-state index < -0.39 is 10.0 Å². The van der Waals surface area contributed by atoms with Crippen LogP contribution >= 0.6 is 0 Å². The third-order valence-electron chi connectivity index (χ3n) is 4.30. The number of methoxy groups -OCH3 is 1. The van der Waals surface area contributed by atoms with Crippen LogP contribution in [0.1, 0.15) is 6.92 Å². The Kier molecular flexibility index (Phi) is 7.56. The number of sulfonamides is 1. The van der Waals surface area contributed by atoms with Crippen LogP contribution in [0.15, 0.2) is 77.7 Å². The lowest BCUT2D eigenvalue weighted by Crippen LogP contribution is -2.20. The Bertz CT molecular complexity index is 1130. The summed E-state index contributed by atoms with van der Waals surface area (Å²) in [6.45, 7) is 2.18. The molecule has 0 radical (unpaired) electrons. The summed E-state index contributed by atoms with van der Waals surface area (Å²) in [7, 11) is -2.21. The summed E-state index contributed by atoms with van der Waals surface area (Å²) in [5.74, 6) is 1.37. The topological polar surface area (TPSA) is 103 Å². The van der Waals surface area contributed by atoms with Crippen molar-refractivity contribution in [2.24, 2.45) is 0 Å². The Hall–Kier alpha value is -3.72. The van der Waals surface area contributed by atoms with E-state index in [2.05, 4.69) is 10.0 Å². The molecule has 9 heteroatoms. The Morgan fingerprint density at radius 3 is 1.91 bits per heavy atom. The lowest BCUT2D eigenvalue weighted by Gasteiger charge is -2.11. The third kappa shape index (κ3) is 6.39. The molecule has 0 atom stereocenters. The van der Waals surface area contributed by atoms with Gasteiger partial charge in [0.05, 0.1) is 18.6 Å². The fourth-order valence-electron chi connectivity index (χ4n) is 2.74. The van der Waals surface area contributed by atoms with Crippen LogP contribution in [0, 0.1) is 0 Å². The van der Waals surface area contributed by atoms with E-state index in [-0.39, 0.29) is 17.4 Å². The largest absolute Gasteiger partial charge is 0.497 e. The van der Waals surface area contributed by atoms with Crippen molar-refractivity contribution in [1.82, 2.24) is 0 Å². The standard InChI is InChI=1S/C23H24N2O6S/c1-3-30-20-10-6-18(7-11-20)25-32(27,28)22-14-12-21(13-15-22)31-16-23(26)24-17-4-8-19(29-2)9-5-17/h4-15,25H,3,16H2,1-2H3,(H,24,26). The summed E-state index contributed by atoms with van der Waals surface area (Å²) < 4.78 is 43.5. The first kappa shape index (κ1) is 23.0. The van der Waals surface area contributed by atoms with Crippen LogP contribution in [0.25, 0.3) is 0 Å². The summed E-state index contributed by atoms with van der Waals surface area (Å²) in [4.78, 5) is 12.1. The number of hydrogen-bond acceptors (Lipinski definition) is 6. The van der Waals surface area contributed by atoms with E-state index in [1.54, 1.807) is 55.6 Å². The van der Waals surface area contributed by atoms with Crippen LogP contribution < -0.4 is 24.2 Å². The molecular weight excluding hydrogens is 432 g/mol. The maximum atomic E-state index is 12.6. The molecule has 0 bridgehead atoms. The minimum atomic E-state index is -3.77. The molecule has 1 amide bonds. The number of nitrogens with one attached hydrogen (secondary N) is 2. The van der Waals surface area contributed by atoms with E-state index in [4.69, 9.17) is 14.2 Å². The third-order valence-corrected chi connectivity index (χ3v) is 5.69. The average Bonchev–Trinajstić information content (AvgIpc) is 2.80. The van der Waals surface area contributed by atoms with Gasteiger partial charge >= 0.3 is 0 Å². The average molecular weight is 457 g/mol. The molecule has 168 valence electrons.